The Morgan fingerprint density at radius 1 is 1.40 bits per heavy atom. The molecule has 1 aromatic carbocycles. The summed E-state index contributed by atoms with van der Waals surface area (Å²) in [4.78, 5) is 0. The molecule has 25 heavy (non-hydrogen) atoms. The lowest BCUT2D eigenvalue weighted by Crippen LogP contribution is -1.95. The molecule has 3 rings (SSSR count). The van der Waals surface area contributed by atoms with Crippen LogP contribution >= 0.6 is 23.4 Å². The summed E-state index contributed by atoms with van der Waals surface area (Å²) in [6.45, 7) is 2.20. The number of aromatic nitrogens is 3. The molecule has 0 aliphatic rings. The normalized spacial score (nSPS) is 11.3. The van der Waals surface area contributed by atoms with E-state index in [-0.39, 0.29) is 11.6 Å². The van der Waals surface area contributed by atoms with Crippen molar-refractivity contribution in [2.75, 3.05) is 5.75 Å². The number of ether oxygens (including phenoxy) is 1. The highest BCUT2D eigenvalue weighted by Gasteiger charge is 2.06. The predicted molar refractivity (Wildman–Crippen MR) is 93.9 cm³/mol. The lowest BCUT2D eigenvalue weighted by atomic mass is 10.3. The molecule has 0 atom stereocenters. The van der Waals surface area contributed by atoms with Gasteiger partial charge in [0.2, 0.25) is 5.16 Å². The Morgan fingerprint density at radius 2 is 2.28 bits per heavy atom. The quantitative estimate of drug-likeness (QED) is 0.453. The molecule has 0 spiro atoms. The zero-order valence-corrected chi connectivity index (χ0v) is 14.8. The van der Waals surface area contributed by atoms with Gasteiger partial charge in [-0.1, -0.05) is 30.3 Å². The van der Waals surface area contributed by atoms with Crippen molar-refractivity contribution in [3.05, 3.63) is 59.0 Å². The van der Waals surface area contributed by atoms with Crippen LogP contribution < -0.4 is 4.74 Å². The van der Waals surface area contributed by atoms with Crippen LogP contribution in [0.3, 0.4) is 0 Å². The second-order valence-electron chi connectivity index (χ2n) is 4.80. The van der Waals surface area contributed by atoms with Gasteiger partial charge in [0.15, 0.2) is 0 Å². The number of benzene rings is 1. The summed E-state index contributed by atoms with van der Waals surface area (Å²) in [6.07, 6.45) is 3.09. The van der Waals surface area contributed by atoms with Gasteiger partial charge in [-0.2, -0.15) is 9.78 Å². The van der Waals surface area contributed by atoms with Crippen LogP contribution in [0.5, 0.6) is 5.75 Å². The van der Waals surface area contributed by atoms with Gasteiger partial charge in [-0.3, -0.25) is 0 Å². The van der Waals surface area contributed by atoms with E-state index in [4.69, 9.17) is 20.8 Å². The highest BCUT2D eigenvalue weighted by molar-refractivity contribution is 7.99. The van der Waals surface area contributed by atoms with Crippen LogP contribution in [-0.2, 0) is 6.61 Å². The first kappa shape index (κ1) is 17.5. The fraction of sp³-hybridized carbons (Fsp3) is 0.188. The number of furan rings is 1. The average molecular weight is 381 g/mol. The van der Waals surface area contributed by atoms with Gasteiger partial charge in [-0.15, -0.1) is 10.2 Å². The predicted octanol–water partition coefficient (Wildman–Crippen LogP) is 4.24. The molecular formula is C16H14ClFN4O2S. The fourth-order valence-electron chi connectivity index (χ4n) is 1.92. The molecule has 6 nitrogen and oxygen atoms in total. The molecule has 0 saturated carbocycles. The Balaban J connectivity index is 1.62. The van der Waals surface area contributed by atoms with Gasteiger partial charge >= 0.3 is 0 Å². The van der Waals surface area contributed by atoms with E-state index in [9.17, 15) is 4.39 Å². The van der Waals surface area contributed by atoms with E-state index in [1.54, 1.807) is 34.8 Å². The van der Waals surface area contributed by atoms with Crippen molar-refractivity contribution in [3.8, 4) is 5.75 Å². The minimum Gasteiger partial charge on any atom is -0.484 e. The van der Waals surface area contributed by atoms with E-state index in [1.165, 1.54) is 24.5 Å². The van der Waals surface area contributed by atoms with Crippen molar-refractivity contribution < 1.29 is 13.5 Å². The number of thioether (sulfide) groups is 1. The Kier molecular flexibility index (Phi) is 5.72. The summed E-state index contributed by atoms with van der Waals surface area (Å²) in [5, 5.41) is 13.0. The maximum Gasteiger partial charge on any atom is 0.211 e. The molecule has 9 heteroatoms. The smallest absolute Gasteiger partial charge is 0.211 e. The topological polar surface area (TPSA) is 65.4 Å². The molecule has 0 unspecified atom stereocenters. The molecule has 0 fully saturated rings. The standard InChI is InChI=1S/C16H14ClFN4O2S/c1-2-25-16-21-19-10-22(16)20-8-12-4-5-13(24-12)9-23-15-6-3-11(18)7-14(15)17/h3-8,10H,2,9H2,1H3/b20-8+. The lowest BCUT2D eigenvalue weighted by molar-refractivity contribution is 0.269. The first-order chi connectivity index (χ1) is 12.2. The van der Waals surface area contributed by atoms with Crippen molar-refractivity contribution >= 4 is 29.6 Å². The van der Waals surface area contributed by atoms with Gasteiger partial charge in [0.05, 0.1) is 11.2 Å². The van der Waals surface area contributed by atoms with Crippen LogP contribution in [0, 0.1) is 5.82 Å². The number of hydrogen-bond donors (Lipinski definition) is 0. The molecule has 0 bridgehead atoms. The van der Waals surface area contributed by atoms with E-state index >= 15 is 0 Å². The van der Waals surface area contributed by atoms with Crippen molar-refractivity contribution in [3.63, 3.8) is 0 Å². The van der Waals surface area contributed by atoms with Crippen LogP contribution in [0.15, 0.2) is 51.3 Å². The maximum absolute atomic E-state index is 13.0. The van der Waals surface area contributed by atoms with Crippen LogP contribution in [0.1, 0.15) is 18.4 Å². The van der Waals surface area contributed by atoms with Crippen LogP contribution in [0.4, 0.5) is 4.39 Å². The highest BCUT2D eigenvalue weighted by Crippen LogP contribution is 2.25. The summed E-state index contributed by atoms with van der Waals surface area (Å²) in [5.74, 6) is 2.00. The minimum atomic E-state index is -0.413. The third-order valence-electron chi connectivity index (χ3n) is 3.03. The Morgan fingerprint density at radius 3 is 3.08 bits per heavy atom. The van der Waals surface area contributed by atoms with Crippen molar-refractivity contribution in [2.24, 2.45) is 5.10 Å². The molecule has 2 aromatic heterocycles. The molecule has 130 valence electrons. The first-order valence-corrected chi connectivity index (χ1v) is 8.76. The summed E-state index contributed by atoms with van der Waals surface area (Å²) in [5.41, 5.74) is 0. The molecule has 0 amide bonds. The molecule has 0 radical (unpaired) electrons. The second-order valence-corrected chi connectivity index (χ2v) is 6.44. The van der Waals surface area contributed by atoms with E-state index < -0.39 is 5.82 Å². The average Bonchev–Trinajstić information content (AvgIpc) is 3.22. The van der Waals surface area contributed by atoms with Gasteiger partial charge in [0.25, 0.3) is 0 Å². The molecule has 3 aromatic rings. The van der Waals surface area contributed by atoms with Crippen LogP contribution in [0.2, 0.25) is 5.02 Å². The van der Waals surface area contributed by atoms with Gasteiger partial charge in [-0.05, 0) is 36.1 Å². The number of nitrogens with zero attached hydrogens (tertiary/aromatic N) is 4. The fourth-order valence-corrected chi connectivity index (χ4v) is 2.74. The van der Waals surface area contributed by atoms with Crippen LogP contribution in [0.25, 0.3) is 0 Å². The highest BCUT2D eigenvalue weighted by atomic mass is 35.5. The first-order valence-electron chi connectivity index (χ1n) is 7.39. The number of halogens is 2. The summed E-state index contributed by atoms with van der Waals surface area (Å²) >= 11 is 7.46. The Labute approximate surface area is 152 Å². The van der Waals surface area contributed by atoms with Crippen molar-refractivity contribution in [1.82, 2.24) is 14.9 Å². The largest absolute Gasteiger partial charge is 0.484 e. The van der Waals surface area contributed by atoms with E-state index in [0.29, 0.717) is 22.4 Å². The molecule has 2 heterocycles. The van der Waals surface area contributed by atoms with Crippen LogP contribution in [-0.4, -0.2) is 26.8 Å². The third kappa shape index (κ3) is 4.61. The zero-order valence-electron chi connectivity index (χ0n) is 13.2. The summed E-state index contributed by atoms with van der Waals surface area (Å²) in [6, 6.07) is 7.49. The second kappa shape index (κ2) is 8.17. The molecule has 0 aliphatic heterocycles. The van der Waals surface area contributed by atoms with Gasteiger partial charge < -0.3 is 9.15 Å². The monoisotopic (exact) mass is 380 g/mol. The van der Waals surface area contributed by atoms with Crippen molar-refractivity contribution in [2.45, 2.75) is 18.7 Å². The van der Waals surface area contributed by atoms with Gasteiger partial charge in [-0.25, -0.2) is 4.39 Å². The molecule has 0 N–H and O–H groups in total. The van der Waals surface area contributed by atoms with Gasteiger partial charge in [0, 0.05) is 0 Å². The SMILES string of the molecule is CCSc1nncn1/N=C/c1ccc(COc2ccc(F)cc2Cl)o1. The summed E-state index contributed by atoms with van der Waals surface area (Å²) in [7, 11) is 0. The Hall–Kier alpha value is -2.32. The van der Waals surface area contributed by atoms with Gasteiger partial charge in [0.1, 0.15) is 36.0 Å². The summed E-state index contributed by atoms with van der Waals surface area (Å²) < 4.78 is 25.7. The third-order valence-corrected chi connectivity index (χ3v) is 4.14. The van der Waals surface area contributed by atoms with E-state index in [1.807, 2.05) is 6.92 Å². The molecule has 0 saturated heterocycles. The van der Waals surface area contributed by atoms with Crippen molar-refractivity contribution in [1.29, 1.82) is 0 Å². The minimum absolute atomic E-state index is 0.169. The van der Waals surface area contributed by atoms with E-state index in [0.717, 1.165) is 5.75 Å². The molecular weight excluding hydrogens is 367 g/mol. The maximum atomic E-state index is 13.0. The van der Waals surface area contributed by atoms with E-state index in [2.05, 4.69) is 15.3 Å². The zero-order chi connectivity index (χ0) is 17.6. The number of rotatable bonds is 7. The molecule has 0 aliphatic carbocycles. The number of hydrogen-bond acceptors (Lipinski definition) is 6. The Bertz CT molecular complexity index is 881. The lowest BCUT2D eigenvalue weighted by Gasteiger charge is -2.05.